The summed E-state index contributed by atoms with van der Waals surface area (Å²) >= 11 is 0. The Morgan fingerprint density at radius 1 is 1.09 bits per heavy atom. The lowest BCUT2D eigenvalue weighted by atomic mass is 9.87. The van der Waals surface area contributed by atoms with E-state index in [1.807, 2.05) is 6.07 Å². The van der Waals surface area contributed by atoms with Crippen LogP contribution in [0.4, 0.5) is 9.18 Å². The van der Waals surface area contributed by atoms with E-state index in [4.69, 9.17) is 11.2 Å². The maximum Gasteiger partial charge on any atom is 0.411 e. The largest absolute Gasteiger partial charge is 0.421 e. The summed E-state index contributed by atoms with van der Waals surface area (Å²) in [5, 5.41) is 0. The van der Waals surface area contributed by atoms with Gasteiger partial charge in [0, 0.05) is 25.2 Å². The van der Waals surface area contributed by atoms with Crippen molar-refractivity contribution < 1.29 is 13.9 Å². The number of carbonyl (C=O) groups excluding carboxylic acids is 1. The lowest BCUT2D eigenvalue weighted by molar-refractivity contribution is 0.0566. The fraction of sp³-hybridized carbons (Fsp3) is 0.167. The molecule has 4 heteroatoms. The third kappa shape index (κ3) is 2.94. The molecule has 1 atom stereocenters. The molecule has 0 aliphatic carbocycles. The van der Waals surface area contributed by atoms with E-state index in [2.05, 4.69) is 5.92 Å². The van der Waals surface area contributed by atoms with Crippen molar-refractivity contribution in [3.63, 3.8) is 0 Å². The van der Waals surface area contributed by atoms with Crippen molar-refractivity contribution in [3.05, 3.63) is 71.5 Å². The zero-order valence-corrected chi connectivity index (χ0v) is 12.4. The number of hydrogen-bond donors (Lipinski definition) is 0. The second-order valence-corrected chi connectivity index (χ2v) is 4.96. The molecular formula is C18H16FNO2. The van der Waals surface area contributed by atoms with Crippen LogP contribution in [0, 0.1) is 18.2 Å². The maximum atomic E-state index is 13.2. The highest BCUT2D eigenvalue weighted by Gasteiger charge is 2.37. The molecule has 112 valence electrons. The minimum absolute atomic E-state index is 0.387. The molecule has 0 saturated heterocycles. The average molecular weight is 297 g/mol. The Balaban J connectivity index is 2.59. The summed E-state index contributed by atoms with van der Waals surface area (Å²) in [5.74, 6) is 2.17. The minimum atomic E-state index is -1.41. The lowest BCUT2D eigenvalue weighted by Crippen LogP contribution is -2.36. The van der Waals surface area contributed by atoms with Crippen LogP contribution in [0.25, 0.3) is 0 Å². The van der Waals surface area contributed by atoms with Crippen LogP contribution in [0.5, 0.6) is 0 Å². The molecule has 2 aromatic rings. The Morgan fingerprint density at radius 2 is 1.64 bits per heavy atom. The highest BCUT2D eigenvalue weighted by molar-refractivity contribution is 5.69. The molecule has 0 fully saturated rings. The van der Waals surface area contributed by atoms with Crippen LogP contribution in [0.2, 0.25) is 0 Å². The van der Waals surface area contributed by atoms with Crippen molar-refractivity contribution in [1.29, 1.82) is 0 Å². The van der Waals surface area contributed by atoms with Gasteiger partial charge < -0.3 is 9.64 Å². The van der Waals surface area contributed by atoms with Crippen molar-refractivity contribution in [2.24, 2.45) is 0 Å². The number of rotatable bonds is 3. The summed E-state index contributed by atoms with van der Waals surface area (Å²) in [7, 11) is 3.14. The van der Waals surface area contributed by atoms with E-state index >= 15 is 0 Å². The molecular weight excluding hydrogens is 281 g/mol. The number of amides is 1. The smallest absolute Gasteiger partial charge is 0.411 e. The first-order chi connectivity index (χ1) is 10.5. The zero-order chi connectivity index (χ0) is 16.2. The molecule has 0 aliphatic heterocycles. The van der Waals surface area contributed by atoms with Gasteiger partial charge in [0.2, 0.25) is 5.60 Å². The summed E-state index contributed by atoms with van der Waals surface area (Å²) in [5.41, 5.74) is -0.270. The van der Waals surface area contributed by atoms with Crippen molar-refractivity contribution >= 4 is 6.09 Å². The molecule has 0 N–H and O–H groups in total. The van der Waals surface area contributed by atoms with Gasteiger partial charge in [-0.15, -0.1) is 6.42 Å². The fourth-order valence-corrected chi connectivity index (χ4v) is 2.06. The molecule has 0 saturated carbocycles. The van der Waals surface area contributed by atoms with Gasteiger partial charge in [0.05, 0.1) is 0 Å². The molecule has 0 radical (unpaired) electrons. The molecule has 0 spiro atoms. The van der Waals surface area contributed by atoms with E-state index in [1.54, 1.807) is 38.4 Å². The zero-order valence-electron chi connectivity index (χ0n) is 12.4. The third-order valence-electron chi connectivity index (χ3n) is 3.24. The highest BCUT2D eigenvalue weighted by Crippen LogP contribution is 2.33. The SMILES string of the molecule is C#C[C@@](OC(=O)N(C)C)(c1ccccc1)c1ccc(F)cc1. The van der Waals surface area contributed by atoms with E-state index in [-0.39, 0.29) is 5.82 Å². The molecule has 2 rings (SSSR count). The van der Waals surface area contributed by atoms with Crippen LogP contribution in [0.1, 0.15) is 11.1 Å². The quantitative estimate of drug-likeness (QED) is 0.813. The predicted molar refractivity (Wildman–Crippen MR) is 82.6 cm³/mol. The number of terminal acetylenes is 1. The first-order valence-corrected chi connectivity index (χ1v) is 6.69. The van der Waals surface area contributed by atoms with Crippen LogP contribution < -0.4 is 0 Å². The second kappa shape index (κ2) is 6.31. The molecule has 2 aromatic carbocycles. The van der Waals surface area contributed by atoms with E-state index in [9.17, 15) is 9.18 Å². The van der Waals surface area contributed by atoms with Crippen LogP contribution in [-0.2, 0) is 10.3 Å². The van der Waals surface area contributed by atoms with Gasteiger partial charge in [-0.1, -0.05) is 42.5 Å². The van der Waals surface area contributed by atoms with E-state index < -0.39 is 11.7 Å². The maximum absolute atomic E-state index is 13.2. The van der Waals surface area contributed by atoms with Gasteiger partial charge in [0.15, 0.2) is 0 Å². The van der Waals surface area contributed by atoms with Gasteiger partial charge in [-0.2, -0.15) is 0 Å². The first kappa shape index (κ1) is 15.6. The summed E-state index contributed by atoms with van der Waals surface area (Å²) < 4.78 is 18.8. The standard InChI is InChI=1S/C18H16FNO2/c1-4-18(22-17(21)20(2)3,14-8-6-5-7-9-14)15-10-12-16(19)13-11-15/h1,5-13H,2-3H3/t18-/m1/s1. The topological polar surface area (TPSA) is 29.5 Å². The Morgan fingerprint density at radius 3 is 2.14 bits per heavy atom. The van der Waals surface area contributed by atoms with Crippen molar-refractivity contribution in [1.82, 2.24) is 4.90 Å². The predicted octanol–water partition coefficient (Wildman–Crippen LogP) is 3.40. The summed E-state index contributed by atoms with van der Waals surface area (Å²) in [4.78, 5) is 13.4. The Kier molecular flexibility index (Phi) is 4.47. The van der Waals surface area contributed by atoms with Crippen LogP contribution >= 0.6 is 0 Å². The normalized spacial score (nSPS) is 12.8. The van der Waals surface area contributed by atoms with Crippen LogP contribution in [0.3, 0.4) is 0 Å². The van der Waals surface area contributed by atoms with Crippen molar-refractivity contribution in [3.8, 4) is 12.3 Å². The minimum Gasteiger partial charge on any atom is -0.421 e. The fourth-order valence-electron chi connectivity index (χ4n) is 2.06. The number of hydrogen-bond acceptors (Lipinski definition) is 2. The molecule has 3 nitrogen and oxygen atoms in total. The molecule has 22 heavy (non-hydrogen) atoms. The Labute approximate surface area is 129 Å². The number of benzene rings is 2. The lowest BCUT2D eigenvalue weighted by Gasteiger charge is -2.30. The summed E-state index contributed by atoms with van der Waals surface area (Å²) in [6, 6.07) is 14.6. The Hall–Kier alpha value is -2.80. The van der Waals surface area contributed by atoms with E-state index in [0.717, 1.165) is 0 Å². The molecule has 0 aliphatic rings. The molecule has 0 heterocycles. The van der Waals surface area contributed by atoms with Gasteiger partial charge >= 0.3 is 6.09 Å². The molecule has 0 unspecified atom stereocenters. The van der Waals surface area contributed by atoms with E-state index in [0.29, 0.717) is 11.1 Å². The van der Waals surface area contributed by atoms with Crippen molar-refractivity contribution in [2.75, 3.05) is 14.1 Å². The van der Waals surface area contributed by atoms with Gasteiger partial charge in [0.1, 0.15) is 5.82 Å². The van der Waals surface area contributed by atoms with Crippen molar-refractivity contribution in [2.45, 2.75) is 5.60 Å². The van der Waals surface area contributed by atoms with Gasteiger partial charge in [-0.05, 0) is 18.1 Å². The Bertz CT molecular complexity index is 689. The molecule has 0 aromatic heterocycles. The second-order valence-electron chi connectivity index (χ2n) is 4.96. The number of nitrogens with zero attached hydrogens (tertiary/aromatic N) is 1. The molecule has 0 bridgehead atoms. The van der Waals surface area contributed by atoms with Crippen LogP contribution in [0.15, 0.2) is 54.6 Å². The number of halogens is 1. The molecule has 1 amide bonds. The first-order valence-electron chi connectivity index (χ1n) is 6.69. The van der Waals surface area contributed by atoms with Gasteiger partial charge in [0.25, 0.3) is 0 Å². The summed E-state index contributed by atoms with van der Waals surface area (Å²) in [6.45, 7) is 0. The number of ether oxygens (including phenoxy) is 1. The van der Waals surface area contributed by atoms with Gasteiger partial charge in [-0.25, -0.2) is 9.18 Å². The van der Waals surface area contributed by atoms with E-state index in [1.165, 1.54) is 29.2 Å². The van der Waals surface area contributed by atoms with Gasteiger partial charge in [-0.3, -0.25) is 0 Å². The average Bonchev–Trinajstić information content (AvgIpc) is 2.54. The number of carbonyl (C=O) groups is 1. The monoisotopic (exact) mass is 297 g/mol. The summed E-state index contributed by atoms with van der Waals surface area (Å²) in [6.07, 6.45) is 5.14. The van der Waals surface area contributed by atoms with Crippen LogP contribution in [-0.4, -0.2) is 25.1 Å². The highest BCUT2D eigenvalue weighted by atomic mass is 19.1. The third-order valence-corrected chi connectivity index (χ3v) is 3.24.